The molecule has 1 aliphatic heterocycles. The molecule has 0 atom stereocenters. The Labute approximate surface area is 145 Å². The van der Waals surface area contributed by atoms with E-state index in [9.17, 15) is 9.59 Å². The second kappa shape index (κ2) is 7.05. The molecule has 0 radical (unpaired) electrons. The number of carbonyl (C=O) groups excluding carboxylic acids is 2. The Balaban J connectivity index is 2.26. The van der Waals surface area contributed by atoms with E-state index in [1.807, 2.05) is 24.3 Å². The summed E-state index contributed by atoms with van der Waals surface area (Å²) >= 11 is 0. The second-order valence-corrected chi connectivity index (χ2v) is 5.23. The van der Waals surface area contributed by atoms with Crippen LogP contribution >= 0.6 is 0 Å². The molecule has 0 aliphatic carbocycles. The molecule has 0 saturated heterocycles. The molecular weight excluding hydrogens is 320 g/mol. The maximum Gasteiger partial charge on any atom is 0.348 e. The Hall–Kier alpha value is -3.34. The van der Waals surface area contributed by atoms with Crippen molar-refractivity contribution in [3.8, 4) is 0 Å². The summed E-state index contributed by atoms with van der Waals surface area (Å²) in [6.45, 7) is 0. The van der Waals surface area contributed by atoms with Crippen molar-refractivity contribution in [2.45, 2.75) is 0 Å². The molecule has 1 heterocycles. The van der Waals surface area contributed by atoms with Crippen LogP contribution in [0, 0.1) is 0 Å². The minimum atomic E-state index is -0.613. The fourth-order valence-corrected chi connectivity index (χ4v) is 2.66. The average molecular weight is 336 g/mol. The molecule has 0 saturated carbocycles. The number of cyclic esters (lactones) is 1. The van der Waals surface area contributed by atoms with Gasteiger partial charge in [0.15, 0.2) is 11.5 Å². The molecule has 2 aromatic rings. The van der Waals surface area contributed by atoms with Crippen molar-refractivity contribution in [1.82, 2.24) is 0 Å². The number of rotatable bonds is 4. The van der Waals surface area contributed by atoms with Crippen molar-refractivity contribution < 1.29 is 23.8 Å². The molecule has 5 nitrogen and oxygen atoms in total. The van der Waals surface area contributed by atoms with Crippen LogP contribution in [-0.2, 0) is 23.8 Å². The van der Waals surface area contributed by atoms with Crippen LogP contribution in [0.15, 0.2) is 72.2 Å². The van der Waals surface area contributed by atoms with Gasteiger partial charge < -0.3 is 14.2 Å². The summed E-state index contributed by atoms with van der Waals surface area (Å²) in [5.74, 6) is -0.918. The maximum absolute atomic E-state index is 12.5. The van der Waals surface area contributed by atoms with E-state index in [1.54, 1.807) is 36.4 Å². The summed E-state index contributed by atoms with van der Waals surface area (Å²) in [7, 11) is 2.71. The Kier molecular flexibility index (Phi) is 4.66. The lowest BCUT2D eigenvalue weighted by Gasteiger charge is -2.11. The number of carbonyl (C=O) groups is 2. The Morgan fingerprint density at radius 2 is 1.52 bits per heavy atom. The van der Waals surface area contributed by atoms with Gasteiger partial charge in [-0.3, -0.25) is 0 Å². The Morgan fingerprint density at radius 1 is 0.920 bits per heavy atom. The summed E-state index contributed by atoms with van der Waals surface area (Å²) in [5, 5.41) is 0. The van der Waals surface area contributed by atoms with Gasteiger partial charge in [-0.05, 0) is 11.1 Å². The van der Waals surface area contributed by atoms with Crippen LogP contribution in [0.3, 0.4) is 0 Å². The predicted molar refractivity (Wildman–Crippen MR) is 91.8 cm³/mol. The highest BCUT2D eigenvalue weighted by atomic mass is 16.6. The summed E-state index contributed by atoms with van der Waals surface area (Å²) in [5.41, 5.74) is 1.63. The summed E-state index contributed by atoms with van der Waals surface area (Å²) in [4.78, 5) is 24.8. The molecule has 0 fully saturated rings. The van der Waals surface area contributed by atoms with Crippen molar-refractivity contribution in [3.05, 3.63) is 83.3 Å². The molecule has 0 N–H and O–H groups in total. The standard InChI is InChI=1S/C20H16O5/c1-23-17-15(13-9-5-3-6-10-13)20(22)25-18(17)16(19(21)24-2)14-11-7-4-8-12-14/h3-12H,1-2H3/b18-16+. The van der Waals surface area contributed by atoms with Gasteiger partial charge in [0.05, 0.1) is 14.2 Å². The third-order valence-electron chi connectivity index (χ3n) is 3.78. The van der Waals surface area contributed by atoms with E-state index in [-0.39, 0.29) is 22.7 Å². The molecule has 5 heteroatoms. The van der Waals surface area contributed by atoms with E-state index in [1.165, 1.54) is 14.2 Å². The smallest absolute Gasteiger partial charge is 0.348 e. The largest absolute Gasteiger partial charge is 0.492 e. The van der Waals surface area contributed by atoms with Crippen LogP contribution in [0.1, 0.15) is 11.1 Å². The molecule has 3 rings (SSSR count). The highest BCUT2D eigenvalue weighted by Crippen LogP contribution is 2.38. The molecule has 0 aromatic heterocycles. The van der Waals surface area contributed by atoms with Gasteiger partial charge in [0.25, 0.3) is 0 Å². The third-order valence-corrected chi connectivity index (χ3v) is 3.78. The normalized spacial score (nSPS) is 15.7. The first-order chi connectivity index (χ1) is 12.2. The van der Waals surface area contributed by atoms with Crippen molar-refractivity contribution in [3.63, 3.8) is 0 Å². The molecule has 0 bridgehead atoms. The molecule has 25 heavy (non-hydrogen) atoms. The molecule has 0 amide bonds. The van der Waals surface area contributed by atoms with Crippen LogP contribution < -0.4 is 0 Å². The van der Waals surface area contributed by atoms with E-state index in [0.717, 1.165) is 0 Å². The molecule has 1 aliphatic rings. The van der Waals surface area contributed by atoms with E-state index in [0.29, 0.717) is 11.1 Å². The topological polar surface area (TPSA) is 61.8 Å². The highest BCUT2D eigenvalue weighted by Gasteiger charge is 2.37. The van der Waals surface area contributed by atoms with Gasteiger partial charge >= 0.3 is 11.9 Å². The van der Waals surface area contributed by atoms with Gasteiger partial charge in [0.1, 0.15) is 11.1 Å². The number of esters is 2. The first-order valence-electron chi connectivity index (χ1n) is 7.61. The molecule has 0 unspecified atom stereocenters. The molecule has 0 spiro atoms. The second-order valence-electron chi connectivity index (χ2n) is 5.23. The van der Waals surface area contributed by atoms with Crippen LogP contribution in [0.4, 0.5) is 0 Å². The lowest BCUT2D eigenvalue weighted by Crippen LogP contribution is -2.09. The highest BCUT2D eigenvalue weighted by molar-refractivity contribution is 6.25. The van der Waals surface area contributed by atoms with Crippen molar-refractivity contribution >= 4 is 23.1 Å². The first kappa shape index (κ1) is 16.5. The van der Waals surface area contributed by atoms with Crippen LogP contribution in [0.25, 0.3) is 11.1 Å². The van der Waals surface area contributed by atoms with Gasteiger partial charge in [-0.15, -0.1) is 0 Å². The zero-order valence-electron chi connectivity index (χ0n) is 13.8. The quantitative estimate of drug-likeness (QED) is 0.634. The monoisotopic (exact) mass is 336 g/mol. The minimum absolute atomic E-state index is 0.0596. The van der Waals surface area contributed by atoms with Gasteiger partial charge in [-0.2, -0.15) is 0 Å². The van der Waals surface area contributed by atoms with E-state index in [2.05, 4.69) is 0 Å². The maximum atomic E-state index is 12.5. The van der Waals surface area contributed by atoms with E-state index >= 15 is 0 Å². The van der Waals surface area contributed by atoms with Gasteiger partial charge in [-0.1, -0.05) is 60.7 Å². The van der Waals surface area contributed by atoms with E-state index < -0.39 is 11.9 Å². The molecule has 2 aromatic carbocycles. The van der Waals surface area contributed by atoms with Crippen LogP contribution in [-0.4, -0.2) is 26.2 Å². The summed E-state index contributed by atoms with van der Waals surface area (Å²) in [6.07, 6.45) is 0. The Morgan fingerprint density at radius 3 is 2.08 bits per heavy atom. The number of benzene rings is 2. The number of hydrogen-bond acceptors (Lipinski definition) is 5. The lowest BCUT2D eigenvalue weighted by molar-refractivity contribution is -0.134. The molecular formula is C20H16O5. The SMILES string of the molecule is COC(=O)/C(=C1/OC(=O)C(c2ccccc2)=C1OC)c1ccccc1. The van der Waals surface area contributed by atoms with Crippen molar-refractivity contribution in [2.75, 3.05) is 14.2 Å². The third kappa shape index (κ3) is 3.04. The van der Waals surface area contributed by atoms with Crippen LogP contribution in [0.2, 0.25) is 0 Å². The van der Waals surface area contributed by atoms with Crippen LogP contribution in [0.5, 0.6) is 0 Å². The van der Waals surface area contributed by atoms with Gasteiger partial charge in [0.2, 0.25) is 0 Å². The van der Waals surface area contributed by atoms with Gasteiger partial charge in [0, 0.05) is 0 Å². The number of methoxy groups -OCH3 is 2. The molecule has 126 valence electrons. The summed E-state index contributed by atoms with van der Waals surface area (Å²) in [6, 6.07) is 17.9. The number of ether oxygens (including phenoxy) is 3. The lowest BCUT2D eigenvalue weighted by atomic mass is 10.0. The first-order valence-corrected chi connectivity index (χ1v) is 7.61. The average Bonchev–Trinajstić information content (AvgIpc) is 2.99. The fraction of sp³-hybridized carbons (Fsp3) is 0.100. The van der Waals surface area contributed by atoms with E-state index in [4.69, 9.17) is 14.2 Å². The van der Waals surface area contributed by atoms with Crippen molar-refractivity contribution in [2.24, 2.45) is 0 Å². The fourth-order valence-electron chi connectivity index (χ4n) is 2.66. The number of hydrogen-bond donors (Lipinski definition) is 0. The zero-order valence-corrected chi connectivity index (χ0v) is 13.8. The van der Waals surface area contributed by atoms with Crippen molar-refractivity contribution in [1.29, 1.82) is 0 Å². The van der Waals surface area contributed by atoms with Gasteiger partial charge in [-0.25, -0.2) is 9.59 Å². The Bertz CT molecular complexity index is 863. The minimum Gasteiger partial charge on any atom is -0.492 e. The zero-order chi connectivity index (χ0) is 17.8. The summed E-state index contributed by atoms with van der Waals surface area (Å²) < 4.78 is 15.7. The predicted octanol–water partition coefficient (Wildman–Crippen LogP) is 3.19.